The van der Waals surface area contributed by atoms with Gasteiger partial charge in [-0.15, -0.1) is 11.3 Å². The van der Waals surface area contributed by atoms with E-state index >= 15 is 0 Å². The summed E-state index contributed by atoms with van der Waals surface area (Å²) in [6.45, 7) is 0. The molecule has 0 atom stereocenters. The van der Waals surface area contributed by atoms with Crippen LogP contribution >= 0.6 is 11.3 Å². The zero-order valence-corrected chi connectivity index (χ0v) is 13.6. The molecule has 0 radical (unpaired) electrons. The van der Waals surface area contributed by atoms with Gasteiger partial charge < -0.3 is 11.1 Å². The minimum atomic E-state index is -0.243. The molecule has 1 aromatic heterocycles. The van der Waals surface area contributed by atoms with Crippen LogP contribution in [0.15, 0.2) is 29.6 Å². The predicted octanol–water partition coefficient (Wildman–Crippen LogP) is 2.87. The molecule has 0 spiro atoms. The van der Waals surface area contributed by atoms with Crippen LogP contribution in [0.1, 0.15) is 46.7 Å². The van der Waals surface area contributed by atoms with Crippen molar-refractivity contribution in [3.63, 3.8) is 0 Å². The Morgan fingerprint density at radius 1 is 1.30 bits per heavy atom. The third-order valence-corrected chi connectivity index (χ3v) is 5.04. The Balaban J connectivity index is 1.60. The molecule has 23 heavy (non-hydrogen) atoms. The highest BCUT2D eigenvalue weighted by Crippen LogP contribution is 2.19. The van der Waals surface area contributed by atoms with Crippen molar-refractivity contribution >= 4 is 17.2 Å². The topological polar surface area (TPSA) is 68.0 Å². The zero-order valence-electron chi connectivity index (χ0n) is 12.8. The van der Waals surface area contributed by atoms with Gasteiger partial charge in [0.1, 0.15) is 11.5 Å². The normalized spacial score (nSPS) is 21.1. The molecule has 1 fully saturated rings. The van der Waals surface area contributed by atoms with Crippen molar-refractivity contribution in [2.75, 3.05) is 0 Å². The van der Waals surface area contributed by atoms with Crippen LogP contribution in [0.5, 0.6) is 0 Å². The summed E-state index contributed by atoms with van der Waals surface area (Å²) in [5, 5.41) is 5.50. The second kappa shape index (κ2) is 7.19. The highest BCUT2D eigenvalue weighted by Gasteiger charge is 2.21. The van der Waals surface area contributed by atoms with Gasteiger partial charge in [0, 0.05) is 23.9 Å². The molecule has 122 valence electrons. The molecule has 1 aliphatic rings. The van der Waals surface area contributed by atoms with Gasteiger partial charge in [-0.05, 0) is 37.3 Å². The number of amides is 1. The van der Waals surface area contributed by atoms with Crippen molar-refractivity contribution in [3.8, 4) is 0 Å². The lowest BCUT2D eigenvalue weighted by Crippen LogP contribution is -2.40. The Labute approximate surface area is 138 Å². The highest BCUT2D eigenvalue weighted by atomic mass is 32.1. The second-order valence-electron chi connectivity index (χ2n) is 5.98. The van der Waals surface area contributed by atoms with E-state index in [0.29, 0.717) is 17.7 Å². The first kappa shape index (κ1) is 16.1. The Morgan fingerprint density at radius 3 is 2.78 bits per heavy atom. The molecular weight excluding hydrogens is 313 g/mol. The van der Waals surface area contributed by atoms with E-state index in [4.69, 9.17) is 5.73 Å². The first-order valence-corrected chi connectivity index (χ1v) is 8.74. The first-order valence-electron chi connectivity index (χ1n) is 7.86. The molecule has 4 nitrogen and oxygen atoms in total. The lowest BCUT2D eigenvalue weighted by molar-refractivity contribution is 0.0921. The number of aromatic nitrogens is 1. The number of benzene rings is 1. The fourth-order valence-electron chi connectivity index (χ4n) is 2.82. The van der Waals surface area contributed by atoms with Gasteiger partial charge in [-0.25, -0.2) is 9.37 Å². The summed E-state index contributed by atoms with van der Waals surface area (Å²) in [6, 6.07) is 7.07. The number of nitrogens with one attached hydrogen (secondary N) is 1. The van der Waals surface area contributed by atoms with Crippen LogP contribution in [-0.2, 0) is 6.42 Å². The fourth-order valence-corrected chi connectivity index (χ4v) is 3.62. The number of thiazole rings is 1. The van der Waals surface area contributed by atoms with Gasteiger partial charge in [0.05, 0.1) is 5.01 Å². The van der Waals surface area contributed by atoms with Gasteiger partial charge in [-0.1, -0.05) is 18.2 Å². The molecule has 0 aliphatic heterocycles. The van der Waals surface area contributed by atoms with Crippen molar-refractivity contribution < 1.29 is 9.18 Å². The number of hydrogen-bond donors (Lipinski definition) is 2. The van der Waals surface area contributed by atoms with Crippen LogP contribution in [0.3, 0.4) is 0 Å². The van der Waals surface area contributed by atoms with E-state index in [9.17, 15) is 9.18 Å². The van der Waals surface area contributed by atoms with Gasteiger partial charge >= 0.3 is 0 Å². The van der Waals surface area contributed by atoms with E-state index in [1.54, 1.807) is 23.6 Å². The van der Waals surface area contributed by atoms with E-state index in [0.717, 1.165) is 30.7 Å². The number of nitrogens with zero attached hydrogens (tertiary/aromatic N) is 1. The predicted molar refractivity (Wildman–Crippen MR) is 89.0 cm³/mol. The van der Waals surface area contributed by atoms with Gasteiger partial charge in [-0.3, -0.25) is 4.79 Å². The summed E-state index contributed by atoms with van der Waals surface area (Å²) in [4.78, 5) is 16.6. The second-order valence-corrected chi connectivity index (χ2v) is 6.92. The summed E-state index contributed by atoms with van der Waals surface area (Å²) in [6.07, 6.45) is 4.13. The van der Waals surface area contributed by atoms with E-state index in [1.807, 2.05) is 0 Å². The van der Waals surface area contributed by atoms with Crippen LogP contribution in [0.4, 0.5) is 4.39 Å². The molecule has 0 bridgehead atoms. The SMILES string of the molecule is NC1CCC(NC(=O)c2csc(Cc3ccccc3F)n2)CC1. The first-order chi connectivity index (χ1) is 11.1. The number of carbonyl (C=O) groups is 1. The summed E-state index contributed by atoms with van der Waals surface area (Å²) in [5.41, 5.74) is 6.88. The molecule has 6 heteroatoms. The summed E-state index contributed by atoms with van der Waals surface area (Å²) < 4.78 is 13.7. The maximum atomic E-state index is 13.7. The van der Waals surface area contributed by atoms with Gasteiger partial charge in [-0.2, -0.15) is 0 Å². The smallest absolute Gasteiger partial charge is 0.270 e. The molecule has 2 aromatic rings. The number of carbonyl (C=O) groups excluding carboxylic acids is 1. The largest absolute Gasteiger partial charge is 0.348 e. The average molecular weight is 333 g/mol. The molecule has 1 heterocycles. The molecule has 1 aromatic carbocycles. The van der Waals surface area contributed by atoms with Crippen molar-refractivity contribution in [2.24, 2.45) is 5.73 Å². The van der Waals surface area contributed by atoms with Gasteiger partial charge in [0.2, 0.25) is 0 Å². The Hall–Kier alpha value is -1.79. The lowest BCUT2D eigenvalue weighted by Gasteiger charge is -2.26. The summed E-state index contributed by atoms with van der Waals surface area (Å²) in [5.74, 6) is -0.395. The quantitative estimate of drug-likeness (QED) is 0.904. The molecular formula is C17H20FN3OS. The molecule has 3 rings (SSSR count). The monoisotopic (exact) mass is 333 g/mol. The maximum absolute atomic E-state index is 13.7. The highest BCUT2D eigenvalue weighted by molar-refractivity contribution is 7.09. The number of hydrogen-bond acceptors (Lipinski definition) is 4. The minimum Gasteiger partial charge on any atom is -0.348 e. The average Bonchev–Trinajstić information content (AvgIpc) is 3.01. The number of rotatable bonds is 4. The Morgan fingerprint density at radius 2 is 2.04 bits per heavy atom. The van der Waals surface area contributed by atoms with Crippen molar-refractivity contribution in [1.82, 2.24) is 10.3 Å². The summed E-state index contributed by atoms with van der Waals surface area (Å²) >= 11 is 1.39. The van der Waals surface area contributed by atoms with Crippen molar-refractivity contribution in [1.29, 1.82) is 0 Å². The third kappa shape index (κ3) is 4.14. The molecule has 0 unspecified atom stereocenters. The summed E-state index contributed by atoms with van der Waals surface area (Å²) in [7, 11) is 0. The lowest BCUT2D eigenvalue weighted by atomic mass is 9.92. The van der Waals surface area contributed by atoms with E-state index in [2.05, 4.69) is 10.3 Å². The van der Waals surface area contributed by atoms with Crippen LogP contribution in [0, 0.1) is 5.82 Å². The van der Waals surface area contributed by atoms with Crippen LogP contribution < -0.4 is 11.1 Å². The van der Waals surface area contributed by atoms with E-state index < -0.39 is 0 Å². The van der Waals surface area contributed by atoms with Crippen LogP contribution in [-0.4, -0.2) is 23.0 Å². The maximum Gasteiger partial charge on any atom is 0.270 e. The molecule has 3 N–H and O–H groups in total. The molecule has 1 aliphatic carbocycles. The van der Waals surface area contributed by atoms with Gasteiger partial charge in [0.25, 0.3) is 5.91 Å². The molecule has 1 amide bonds. The van der Waals surface area contributed by atoms with Crippen LogP contribution in [0.25, 0.3) is 0 Å². The van der Waals surface area contributed by atoms with E-state index in [1.165, 1.54) is 17.4 Å². The molecule has 1 saturated carbocycles. The third-order valence-electron chi connectivity index (χ3n) is 4.19. The molecule has 0 saturated heterocycles. The Bertz CT molecular complexity index is 680. The number of nitrogens with two attached hydrogens (primary N) is 1. The van der Waals surface area contributed by atoms with E-state index in [-0.39, 0.29) is 23.8 Å². The van der Waals surface area contributed by atoms with Crippen molar-refractivity contribution in [2.45, 2.75) is 44.2 Å². The Kier molecular flexibility index (Phi) is 5.03. The zero-order chi connectivity index (χ0) is 16.2. The van der Waals surface area contributed by atoms with Gasteiger partial charge in [0.15, 0.2) is 0 Å². The fraction of sp³-hybridized carbons (Fsp3) is 0.412. The standard InChI is InChI=1S/C17H20FN3OS/c18-14-4-2-1-3-11(14)9-16-21-15(10-23-16)17(22)20-13-7-5-12(19)6-8-13/h1-4,10,12-13H,5-9,19H2,(H,20,22). The number of halogens is 1. The minimum absolute atomic E-state index is 0.151. The van der Waals surface area contributed by atoms with Crippen molar-refractivity contribution in [3.05, 3.63) is 51.7 Å². The van der Waals surface area contributed by atoms with Crippen LogP contribution in [0.2, 0.25) is 0 Å².